The third kappa shape index (κ3) is 6.07. The zero-order chi connectivity index (χ0) is 28.1. The number of anilines is 2. The molecule has 5 rings (SSSR count). The Bertz CT molecular complexity index is 1480. The molecule has 3 aromatic carbocycles. The smallest absolute Gasteiger partial charge is 0.248 e. The molecule has 1 aliphatic rings. The van der Waals surface area contributed by atoms with Crippen LogP contribution in [0.25, 0.3) is 11.3 Å². The lowest BCUT2D eigenvalue weighted by Gasteiger charge is -2.28. The molecule has 0 saturated heterocycles. The summed E-state index contributed by atoms with van der Waals surface area (Å²) in [7, 11) is 3.90. The highest BCUT2D eigenvalue weighted by Gasteiger charge is 2.31. The fourth-order valence-corrected chi connectivity index (χ4v) is 4.83. The number of aliphatic hydroxyl groups is 1. The van der Waals surface area contributed by atoms with E-state index in [2.05, 4.69) is 10.6 Å². The summed E-state index contributed by atoms with van der Waals surface area (Å²) >= 11 is 0. The van der Waals surface area contributed by atoms with Crippen LogP contribution < -0.4 is 21.1 Å². The molecule has 9 heteroatoms. The van der Waals surface area contributed by atoms with Crippen molar-refractivity contribution in [2.24, 2.45) is 5.73 Å². The molecule has 5 N–H and O–H groups in total. The Labute approximate surface area is 233 Å². The molecule has 0 fully saturated rings. The number of nitrogens with one attached hydrogen (secondary N) is 2. The molecule has 0 saturated carbocycles. The van der Waals surface area contributed by atoms with Crippen LogP contribution in [0.3, 0.4) is 0 Å². The van der Waals surface area contributed by atoms with Gasteiger partial charge in [0, 0.05) is 36.0 Å². The van der Waals surface area contributed by atoms with Crippen LogP contribution in [0, 0.1) is 0 Å². The first-order valence-corrected chi connectivity index (χ1v) is 13.2. The van der Waals surface area contributed by atoms with Crippen molar-refractivity contribution in [3.05, 3.63) is 102 Å². The first-order valence-electron chi connectivity index (χ1n) is 13.2. The van der Waals surface area contributed by atoms with Crippen molar-refractivity contribution in [3.8, 4) is 22.8 Å². The number of fused-ring (bicyclic) bond motifs is 1. The first-order chi connectivity index (χ1) is 19.4. The summed E-state index contributed by atoms with van der Waals surface area (Å²) in [5.74, 6) is 1.91. The topological polar surface area (TPSA) is 118 Å². The van der Waals surface area contributed by atoms with Gasteiger partial charge in [-0.3, -0.25) is 4.79 Å². The van der Waals surface area contributed by atoms with Gasteiger partial charge in [0.15, 0.2) is 0 Å². The molecule has 1 aliphatic heterocycles. The molecule has 0 aliphatic carbocycles. The lowest BCUT2D eigenvalue weighted by atomic mass is 9.99. The first kappa shape index (κ1) is 27.1. The van der Waals surface area contributed by atoms with Crippen LogP contribution >= 0.6 is 0 Å². The predicted molar refractivity (Wildman–Crippen MR) is 157 cm³/mol. The number of nitrogens with two attached hydrogens (primary N) is 1. The lowest BCUT2D eigenvalue weighted by molar-refractivity contribution is -0.111. The zero-order valence-corrected chi connectivity index (χ0v) is 22.6. The van der Waals surface area contributed by atoms with E-state index < -0.39 is 6.23 Å². The minimum Gasteiger partial charge on any atom is -0.457 e. The largest absolute Gasteiger partial charge is 0.457 e. The highest BCUT2D eigenvalue weighted by molar-refractivity contribution is 5.99. The molecule has 4 aromatic rings. The standard InChI is InChI=1S/C31H34N6O3/c1-36(2)20-8-13-27(38)34-25-12-7-6-11-24(25)26-18-19-33-31-28(30(32)39)29(35-37(26)31)21-14-16-23(17-15-21)40-22-9-4-3-5-10-22/h3-17,26,30,33,39H,18-20,32H2,1-2H3,(H,34,38)/b13-8+. The number of ether oxygens (including phenoxy) is 1. The molecule has 206 valence electrons. The number of rotatable bonds is 9. The Balaban J connectivity index is 1.46. The van der Waals surface area contributed by atoms with Gasteiger partial charge in [-0.1, -0.05) is 42.5 Å². The van der Waals surface area contributed by atoms with Gasteiger partial charge in [-0.2, -0.15) is 5.10 Å². The fraction of sp³-hybridized carbons (Fsp3) is 0.226. The predicted octanol–water partition coefficient (Wildman–Crippen LogP) is 4.75. The van der Waals surface area contributed by atoms with Crippen LogP contribution in [-0.4, -0.2) is 52.9 Å². The molecule has 2 unspecified atom stereocenters. The van der Waals surface area contributed by atoms with Crippen molar-refractivity contribution in [3.63, 3.8) is 0 Å². The van der Waals surface area contributed by atoms with Crippen molar-refractivity contribution >= 4 is 17.4 Å². The van der Waals surface area contributed by atoms with Gasteiger partial charge in [0.25, 0.3) is 0 Å². The van der Waals surface area contributed by atoms with Gasteiger partial charge >= 0.3 is 0 Å². The maximum Gasteiger partial charge on any atom is 0.248 e. The van der Waals surface area contributed by atoms with Gasteiger partial charge in [0.1, 0.15) is 29.2 Å². The summed E-state index contributed by atoms with van der Waals surface area (Å²) < 4.78 is 7.80. The van der Waals surface area contributed by atoms with E-state index in [1.807, 2.05) is 109 Å². The number of carbonyl (C=O) groups is 1. The Morgan fingerprint density at radius 2 is 1.82 bits per heavy atom. The average Bonchev–Trinajstić information content (AvgIpc) is 3.34. The molecule has 0 bridgehead atoms. The third-order valence-corrected chi connectivity index (χ3v) is 6.67. The Kier molecular flexibility index (Phi) is 8.26. The molecule has 9 nitrogen and oxygen atoms in total. The summed E-state index contributed by atoms with van der Waals surface area (Å²) in [4.78, 5) is 14.6. The second-order valence-corrected chi connectivity index (χ2v) is 9.91. The lowest BCUT2D eigenvalue weighted by Crippen LogP contribution is -2.26. The van der Waals surface area contributed by atoms with Gasteiger partial charge in [0.05, 0.1) is 11.6 Å². The summed E-state index contributed by atoms with van der Waals surface area (Å²) in [6, 6.07) is 24.7. The van der Waals surface area contributed by atoms with E-state index >= 15 is 0 Å². The maximum atomic E-state index is 12.6. The number of likely N-dealkylation sites (N-methyl/N-ethyl adjacent to an activating group) is 1. The molecule has 0 spiro atoms. The normalized spacial score (nSPS) is 15.5. The van der Waals surface area contributed by atoms with Gasteiger partial charge in [-0.15, -0.1) is 0 Å². The number of carbonyl (C=O) groups excluding carboxylic acids is 1. The highest BCUT2D eigenvalue weighted by atomic mass is 16.5. The molecule has 2 heterocycles. The number of para-hydroxylation sites is 2. The molecule has 1 aromatic heterocycles. The van der Waals surface area contributed by atoms with Gasteiger partial charge in [0.2, 0.25) is 5.91 Å². The number of nitrogens with zero attached hydrogens (tertiary/aromatic N) is 3. The number of aromatic nitrogens is 2. The van der Waals surface area contributed by atoms with E-state index in [4.69, 9.17) is 15.6 Å². The fourth-order valence-electron chi connectivity index (χ4n) is 4.83. The van der Waals surface area contributed by atoms with Crippen molar-refractivity contribution in [2.75, 3.05) is 37.8 Å². The number of amides is 1. The summed E-state index contributed by atoms with van der Waals surface area (Å²) in [6.07, 6.45) is 2.87. The number of aliphatic hydroxyl groups excluding tert-OH is 1. The zero-order valence-electron chi connectivity index (χ0n) is 22.6. The molecule has 0 radical (unpaired) electrons. The van der Waals surface area contributed by atoms with E-state index in [9.17, 15) is 9.90 Å². The number of hydrogen-bond acceptors (Lipinski definition) is 7. The van der Waals surface area contributed by atoms with Crippen LogP contribution in [0.2, 0.25) is 0 Å². The molecular formula is C31H34N6O3. The van der Waals surface area contributed by atoms with Gasteiger partial charge < -0.3 is 31.1 Å². The van der Waals surface area contributed by atoms with Crippen molar-refractivity contribution in [2.45, 2.75) is 18.7 Å². The maximum absolute atomic E-state index is 12.6. The van der Waals surface area contributed by atoms with Crippen LogP contribution in [0.5, 0.6) is 11.5 Å². The number of benzene rings is 3. The minimum atomic E-state index is -1.23. The van der Waals surface area contributed by atoms with Crippen LogP contribution in [0.1, 0.15) is 29.8 Å². The Hall–Kier alpha value is -4.44. The quantitative estimate of drug-likeness (QED) is 0.179. The summed E-state index contributed by atoms with van der Waals surface area (Å²) in [5, 5.41) is 21.9. The van der Waals surface area contributed by atoms with Crippen molar-refractivity contribution in [1.29, 1.82) is 0 Å². The van der Waals surface area contributed by atoms with Gasteiger partial charge in [-0.25, -0.2) is 4.68 Å². The van der Waals surface area contributed by atoms with Crippen LogP contribution in [0.15, 0.2) is 91.0 Å². The van der Waals surface area contributed by atoms with E-state index in [1.54, 1.807) is 6.08 Å². The average molecular weight is 539 g/mol. The van der Waals surface area contributed by atoms with Crippen molar-refractivity contribution in [1.82, 2.24) is 14.7 Å². The van der Waals surface area contributed by atoms with Gasteiger partial charge in [-0.05, 0) is 63.0 Å². The summed E-state index contributed by atoms with van der Waals surface area (Å²) in [5.41, 5.74) is 9.63. The van der Waals surface area contributed by atoms with E-state index in [0.717, 1.165) is 23.3 Å². The molecule has 2 atom stereocenters. The van der Waals surface area contributed by atoms with E-state index in [0.29, 0.717) is 41.6 Å². The third-order valence-electron chi connectivity index (χ3n) is 6.67. The van der Waals surface area contributed by atoms with Crippen molar-refractivity contribution < 1.29 is 14.6 Å². The Morgan fingerprint density at radius 3 is 2.55 bits per heavy atom. The van der Waals surface area contributed by atoms with E-state index in [-0.39, 0.29) is 11.9 Å². The van der Waals surface area contributed by atoms with Crippen LogP contribution in [-0.2, 0) is 4.79 Å². The molecule has 40 heavy (non-hydrogen) atoms. The molecule has 1 amide bonds. The Morgan fingerprint density at radius 1 is 1.12 bits per heavy atom. The molecular weight excluding hydrogens is 504 g/mol. The summed E-state index contributed by atoms with van der Waals surface area (Å²) in [6.45, 7) is 1.33. The highest BCUT2D eigenvalue weighted by Crippen LogP contribution is 2.40. The second kappa shape index (κ2) is 12.2. The second-order valence-electron chi connectivity index (χ2n) is 9.91. The van der Waals surface area contributed by atoms with E-state index in [1.165, 1.54) is 0 Å². The monoisotopic (exact) mass is 538 g/mol. The van der Waals surface area contributed by atoms with Crippen LogP contribution in [0.4, 0.5) is 11.5 Å². The minimum absolute atomic E-state index is 0.176. The SMILES string of the molecule is CN(C)C/C=C/C(=O)Nc1ccccc1C1CCNc2c(C(N)O)c(-c3ccc(Oc4ccccc4)cc3)nn21. The number of hydrogen-bond donors (Lipinski definition) is 4.